The normalized spacial score (nSPS) is 25.2. The summed E-state index contributed by atoms with van der Waals surface area (Å²) in [7, 11) is 0. The van der Waals surface area contributed by atoms with Crippen LogP contribution in [0.1, 0.15) is 37.2 Å². The van der Waals surface area contributed by atoms with Gasteiger partial charge < -0.3 is 5.41 Å². The van der Waals surface area contributed by atoms with E-state index < -0.39 is 17.3 Å². The Morgan fingerprint density at radius 3 is 2.33 bits per heavy atom. The highest BCUT2D eigenvalue weighted by Crippen LogP contribution is 2.53. The van der Waals surface area contributed by atoms with Gasteiger partial charge in [-0.3, -0.25) is 0 Å². The van der Waals surface area contributed by atoms with Crippen molar-refractivity contribution in [2.75, 3.05) is 0 Å². The lowest BCUT2D eigenvalue weighted by Crippen LogP contribution is -2.44. The van der Waals surface area contributed by atoms with Crippen molar-refractivity contribution in [3.8, 4) is 18.2 Å². The van der Waals surface area contributed by atoms with Crippen LogP contribution in [0.4, 0.5) is 0 Å². The highest BCUT2D eigenvalue weighted by molar-refractivity contribution is 9.10. The van der Waals surface area contributed by atoms with Crippen LogP contribution in [-0.4, -0.2) is 5.71 Å². The minimum absolute atomic E-state index is 0.0689. The molecule has 2 aliphatic rings. The Morgan fingerprint density at radius 2 is 1.75 bits per heavy atom. The molecule has 0 saturated carbocycles. The predicted octanol–water partition coefficient (Wildman–Crippen LogP) is 4.61. The first-order valence-corrected chi connectivity index (χ1v) is 8.66. The molecule has 0 amide bonds. The first kappa shape index (κ1) is 16.4. The summed E-state index contributed by atoms with van der Waals surface area (Å²) in [6, 6.07) is 13.9. The van der Waals surface area contributed by atoms with Gasteiger partial charge in [0.15, 0.2) is 5.41 Å². The average Bonchev–Trinajstić information content (AvgIpc) is 2.61. The number of rotatable bonds is 1. The summed E-state index contributed by atoms with van der Waals surface area (Å²) < 4.78 is 0.872. The molecule has 0 aromatic heterocycles. The fourth-order valence-electron chi connectivity index (χ4n) is 3.98. The molecule has 1 N–H and O–H groups in total. The van der Waals surface area contributed by atoms with E-state index in [1.54, 1.807) is 0 Å². The monoisotopic (exact) mass is 378 g/mol. The van der Waals surface area contributed by atoms with E-state index in [0.717, 1.165) is 46.9 Å². The number of nitrogens with one attached hydrogen (secondary N) is 1. The lowest BCUT2D eigenvalue weighted by atomic mass is 9.56. The molecule has 0 bridgehead atoms. The maximum atomic E-state index is 9.86. The molecular weight excluding hydrogens is 364 g/mol. The van der Waals surface area contributed by atoms with Gasteiger partial charge in [0.05, 0.1) is 23.9 Å². The summed E-state index contributed by atoms with van der Waals surface area (Å²) in [5, 5.41) is 37.8. The number of benzene rings is 1. The molecule has 2 aliphatic carbocycles. The minimum Gasteiger partial charge on any atom is -0.305 e. The molecule has 4 nitrogen and oxygen atoms in total. The molecule has 3 rings (SSSR count). The van der Waals surface area contributed by atoms with Gasteiger partial charge in [0.25, 0.3) is 0 Å². The van der Waals surface area contributed by atoms with E-state index in [-0.39, 0.29) is 5.71 Å². The Morgan fingerprint density at radius 1 is 1.08 bits per heavy atom. The molecule has 1 aromatic rings. The van der Waals surface area contributed by atoms with E-state index in [1.807, 2.05) is 24.3 Å². The van der Waals surface area contributed by atoms with Gasteiger partial charge in [-0.05, 0) is 49.0 Å². The van der Waals surface area contributed by atoms with Gasteiger partial charge in [0.2, 0.25) is 0 Å². The highest BCUT2D eigenvalue weighted by atomic mass is 79.9. The van der Waals surface area contributed by atoms with Gasteiger partial charge in [0, 0.05) is 10.4 Å². The van der Waals surface area contributed by atoms with Crippen LogP contribution in [-0.2, 0) is 0 Å². The molecular formula is C19H15BrN4. The number of hydrogen-bond donors (Lipinski definition) is 1. The van der Waals surface area contributed by atoms with Crippen molar-refractivity contribution < 1.29 is 0 Å². The minimum atomic E-state index is -1.61. The van der Waals surface area contributed by atoms with Crippen molar-refractivity contribution in [3.63, 3.8) is 0 Å². The van der Waals surface area contributed by atoms with E-state index in [1.165, 1.54) is 0 Å². The topological polar surface area (TPSA) is 95.2 Å². The third-order valence-electron chi connectivity index (χ3n) is 5.06. The van der Waals surface area contributed by atoms with Gasteiger partial charge in [0.1, 0.15) is 5.92 Å². The Kier molecular flexibility index (Phi) is 4.27. The third kappa shape index (κ3) is 2.27. The van der Waals surface area contributed by atoms with Crippen LogP contribution in [0.15, 0.2) is 39.9 Å². The summed E-state index contributed by atoms with van der Waals surface area (Å²) in [6.45, 7) is 0. The first-order chi connectivity index (χ1) is 11.6. The summed E-state index contributed by atoms with van der Waals surface area (Å²) >= 11 is 3.45. The van der Waals surface area contributed by atoms with Gasteiger partial charge in [-0.25, -0.2) is 0 Å². The molecule has 5 heteroatoms. The van der Waals surface area contributed by atoms with Crippen LogP contribution in [0.3, 0.4) is 0 Å². The predicted molar refractivity (Wildman–Crippen MR) is 92.9 cm³/mol. The Bertz CT molecular complexity index is 849. The fraction of sp³-hybridized carbons (Fsp3) is 0.368. The second-order valence-corrected chi connectivity index (χ2v) is 7.17. The van der Waals surface area contributed by atoms with Crippen molar-refractivity contribution in [1.82, 2.24) is 0 Å². The number of nitrogens with zero attached hydrogens (tertiary/aromatic N) is 3. The van der Waals surface area contributed by atoms with Crippen LogP contribution in [0.25, 0.3) is 0 Å². The van der Waals surface area contributed by atoms with E-state index >= 15 is 0 Å². The fourth-order valence-corrected chi connectivity index (χ4v) is 4.40. The zero-order chi connectivity index (χ0) is 17.3. The molecule has 0 heterocycles. The van der Waals surface area contributed by atoms with Crippen LogP contribution in [0.2, 0.25) is 0 Å². The Labute approximate surface area is 149 Å². The Balaban J connectivity index is 2.33. The molecule has 0 spiro atoms. The van der Waals surface area contributed by atoms with Gasteiger partial charge >= 0.3 is 0 Å². The van der Waals surface area contributed by atoms with Crippen LogP contribution >= 0.6 is 15.9 Å². The molecule has 0 unspecified atom stereocenters. The summed E-state index contributed by atoms with van der Waals surface area (Å²) in [5.74, 6) is -1.22. The zero-order valence-corrected chi connectivity index (χ0v) is 14.6. The second-order valence-electron chi connectivity index (χ2n) is 6.25. The molecule has 2 atom stereocenters. The van der Waals surface area contributed by atoms with Crippen molar-refractivity contribution in [1.29, 1.82) is 21.2 Å². The van der Waals surface area contributed by atoms with E-state index in [4.69, 9.17) is 5.41 Å². The maximum absolute atomic E-state index is 9.86. The third-order valence-corrected chi connectivity index (χ3v) is 5.56. The average molecular weight is 379 g/mol. The van der Waals surface area contributed by atoms with Gasteiger partial charge in [-0.15, -0.1) is 0 Å². The second kappa shape index (κ2) is 6.23. The number of hydrogen-bond acceptors (Lipinski definition) is 4. The smallest absolute Gasteiger partial charge is 0.192 e. The quantitative estimate of drug-likeness (QED) is 0.722. The van der Waals surface area contributed by atoms with E-state index in [0.29, 0.717) is 0 Å². The largest absolute Gasteiger partial charge is 0.305 e. The summed E-state index contributed by atoms with van der Waals surface area (Å²) in [4.78, 5) is 0. The highest BCUT2D eigenvalue weighted by Gasteiger charge is 2.54. The van der Waals surface area contributed by atoms with Crippen molar-refractivity contribution in [3.05, 3.63) is 45.4 Å². The van der Waals surface area contributed by atoms with Gasteiger partial charge in [-0.1, -0.05) is 33.6 Å². The van der Waals surface area contributed by atoms with Gasteiger partial charge in [-0.2, -0.15) is 15.8 Å². The lowest BCUT2D eigenvalue weighted by molar-refractivity contribution is 0.486. The van der Waals surface area contributed by atoms with Crippen LogP contribution < -0.4 is 0 Å². The van der Waals surface area contributed by atoms with Crippen LogP contribution in [0, 0.1) is 50.7 Å². The molecule has 0 radical (unpaired) electrons. The van der Waals surface area contributed by atoms with Crippen LogP contribution in [0.5, 0.6) is 0 Å². The van der Waals surface area contributed by atoms with Crippen molar-refractivity contribution >= 4 is 21.6 Å². The maximum Gasteiger partial charge on any atom is 0.192 e. The standard InChI is InChI=1S/C19H15BrN4/c20-13-5-3-4-12(8-13)17-15-7-2-1-6-14(15)16(9-21)18(24)19(17,10-22)11-23/h3-5,8,16-17,24H,1-2,6-7H2/t16-,17-/m1/s1. The first-order valence-electron chi connectivity index (χ1n) is 7.87. The number of nitriles is 3. The SMILES string of the molecule is N#C[C@H]1C(=N)C(C#N)(C#N)[C@H](c2cccc(Br)c2)C2=C1CCCC2. The molecule has 24 heavy (non-hydrogen) atoms. The Hall–Kier alpha value is -2.42. The zero-order valence-electron chi connectivity index (χ0n) is 13.0. The molecule has 118 valence electrons. The van der Waals surface area contributed by atoms with Crippen molar-refractivity contribution in [2.45, 2.75) is 31.6 Å². The number of allylic oxidation sites excluding steroid dienone is 2. The van der Waals surface area contributed by atoms with Crippen molar-refractivity contribution in [2.24, 2.45) is 11.3 Å². The van der Waals surface area contributed by atoms with E-state index in [9.17, 15) is 15.8 Å². The van der Waals surface area contributed by atoms with E-state index in [2.05, 4.69) is 34.1 Å². The molecule has 0 fully saturated rings. The lowest BCUT2D eigenvalue weighted by Gasteiger charge is -2.42. The molecule has 0 aliphatic heterocycles. The molecule has 0 saturated heterocycles. The summed E-state index contributed by atoms with van der Waals surface area (Å²) in [5.41, 5.74) is 1.14. The molecule has 1 aromatic carbocycles. The summed E-state index contributed by atoms with van der Waals surface area (Å²) in [6.07, 6.45) is 3.53. The number of halogens is 1.